The van der Waals surface area contributed by atoms with Crippen molar-refractivity contribution in [1.29, 1.82) is 0 Å². The van der Waals surface area contributed by atoms with Gasteiger partial charge in [0.1, 0.15) is 0 Å². The molecule has 0 radical (unpaired) electrons. The molecule has 0 aliphatic carbocycles. The van der Waals surface area contributed by atoms with Gasteiger partial charge in [-0.2, -0.15) is 18.3 Å². The van der Waals surface area contributed by atoms with Crippen molar-refractivity contribution in [2.45, 2.75) is 13.1 Å². The highest BCUT2D eigenvalue weighted by molar-refractivity contribution is 5.95. The van der Waals surface area contributed by atoms with Crippen LogP contribution in [0.3, 0.4) is 0 Å². The first-order valence-corrected chi connectivity index (χ1v) is 5.05. The Labute approximate surface area is 102 Å². The van der Waals surface area contributed by atoms with Crippen molar-refractivity contribution in [3.63, 3.8) is 0 Å². The van der Waals surface area contributed by atoms with Crippen molar-refractivity contribution in [2.75, 3.05) is 6.54 Å². The van der Waals surface area contributed by atoms with E-state index in [0.717, 1.165) is 18.2 Å². The Bertz CT molecular complexity index is 469. The smallest absolute Gasteiger partial charge is 0.325 e. The maximum absolute atomic E-state index is 12.4. The number of alkyl halides is 3. The number of nitrogens with one attached hydrogen (secondary N) is 1. The molecule has 1 rings (SSSR count). The van der Waals surface area contributed by atoms with Gasteiger partial charge in [0.25, 0.3) is 5.91 Å². The molecule has 0 aromatic heterocycles. The highest BCUT2D eigenvalue weighted by atomic mass is 19.4. The summed E-state index contributed by atoms with van der Waals surface area (Å²) in [7, 11) is 0. The van der Waals surface area contributed by atoms with Gasteiger partial charge >= 0.3 is 6.18 Å². The molecule has 0 bridgehead atoms. The van der Waals surface area contributed by atoms with E-state index in [-0.39, 0.29) is 12.1 Å². The zero-order valence-corrected chi connectivity index (χ0v) is 9.58. The molecule has 18 heavy (non-hydrogen) atoms. The SMILES string of the molecule is C/C(CN)=N\NC(=O)c1cccc(C(F)(F)F)c1. The third-order valence-electron chi connectivity index (χ3n) is 2.10. The van der Waals surface area contributed by atoms with E-state index in [0.29, 0.717) is 5.71 Å². The van der Waals surface area contributed by atoms with Crippen LogP contribution in [-0.2, 0) is 6.18 Å². The third kappa shape index (κ3) is 3.85. The average Bonchev–Trinajstić information content (AvgIpc) is 2.34. The first-order valence-electron chi connectivity index (χ1n) is 5.05. The first-order chi connectivity index (χ1) is 8.34. The van der Waals surface area contributed by atoms with Crippen LogP contribution in [0.1, 0.15) is 22.8 Å². The second kappa shape index (κ2) is 5.63. The van der Waals surface area contributed by atoms with E-state index < -0.39 is 17.6 Å². The minimum absolute atomic E-state index is 0.113. The molecule has 0 saturated carbocycles. The molecule has 1 aromatic carbocycles. The van der Waals surface area contributed by atoms with Crippen LogP contribution < -0.4 is 11.2 Å². The summed E-state index contributed by atoms with van der Waals surface area (Å²) in [5.41, 5.74) is 6.85. The van der Waals surface area contributed by atoms with E-state index in [4.69, 9.17) is 5.73 Å². The zero-order valence-electron chi connectivity index (χ0n) is 9.58. The van der Waals surface area contributed by atoms with Gasteiger partial charge < -0.3 is 5.73 Å². The van der Waals surface area contributed by atoms with E-state index >= 15 is 0 Å². The highest BCUT2D eigenvalue weighted by Crippen LogP contribution is 2.29. The Balaban J connectivity index is 2.88. The van der Waals surface area contributed by atoms with E-state index in [1.807, 2.05) is 0 Å². The fourth-order valence-corrected chi connectivity index (χ4v) is 1.09. The number of carbonyl (C=O) groups is 1. The first kappa shape index (κ1) is 14.2. The van der Waals surface area contributed by atoms with Gasteiger partial charge in [-0.15, -0.1) is 0 Å². The topological polar surface area (TPSA) is 67.5 Å². The molecular formula is C11H12F3N3O. The summed E-state index contributed by atoms with van der Waals surface area (Å²) >= 11 is 0. The van der Waals surface area contributed by atoms with Gasteiger partial charge in [-0.1, -0.05) is 6.07 Å². The summed E-state index contributed by atoms with van der Waals surface area (Å²) in [4.78, 5) is 11.5. The van der Waals surface area contributed by atoms with E-state index in [1.165, 1.54) is 6.07 Å². The summed E-state index contributed by atoms with van der Waals surface area (Å²) in [6.07, 6.45) is -4.48. The standard InChI is InChI=1S/C11H12F3N3O/c1-7(6-15)16-17-10(18)8-3-2-4-9(5-8)11(12,13)14/h2-5H,6,15H2,1H3,(H,17,18)/b16-7+. The number of carbonyl (C=O) groups excluding carboxylic acids is 1. The number of hydrazone groups is 1. The normalized spacial score (nSPS) is 12.4. The monoisotopic (exact) mass is 259 g/mol. The molecule has 0 heterocycles. The van der Waals surface area contributed by atoms with Crippen molar-refractivity contribution in [3.05, 3.63) is 35.4 Å². The number of hydrogen-bond acceptors (Lipinski definition) is 3. The molecule has 98 valence electrons. The number of nitrogens with zero attached hydrogens (tertiary/aromatic N) is 1. The van der Waals surface area contributed by atoms with Crippen molar-refractivity contribution in [1.82, 2.24) is 5.43 Å². The van der Waals surface area contributed by atoms with E-state index in [2.05, 4.69) is 10.5 Å². The molecule has 0 unspecified atom stereocenters. The molecular weight excluding hydrogens is 247 g/mol. The Morgan fingerprint density at radius 1 is 1.44 bits per heavy atom. The molecule has 7 heteroatoms. The minimum atomic E-state index is -4.48. The molecule has 0 fully saturated rings. The minimum Gasteiger partial charge on any atom is -0.325 e. The van der Waals surface area contributed by atoms with Crippen molar-refractivity contribution in [2.24, 2.45) is 10.8 Å². The summed E-state index contributed by atoms with van der Waals surface area (Å²) in [5.74, 6) is -0.714. The van der Waals surface area contributed by atoms with Gasteiger partial charge in [0.15, 0.2) is 0 Å². The molecule has 0 aliphatic rings. The molecule has 1 amide bonds. The molecule has 0 saturated heterocycles. The quantitative estimate of drug-likeness (QED) is 0.641. The van der Waals surface area contributed by atoms with Crippen molar-refractivity contribution >= 4 is 11.6 Å². The van der Waals surface area contributed by atoms with Crippen LogP contribution in [0, 0.1) is 0 Å². The highest BCUT2D eigenvalue weighted by Gasteiger charge is 2.30. The van der Waals surface area contributed by atoms with Crippen LogP contribution in [0.15, 0.2) is 29.4 Å². The Morgan fingerprint density at radius 3 is 2.67 bits per heavy atom. The Morgan fingerprint density at radius 2 is 2.11 bits per heavy atom. The molecule has 0 spiro atoms. The maximum atomic E-state index is 12.4. The molecule has 1 aromatic rings. The lowest BCUT2D eigenvalue weighted by Crippen LogP contribution is -2.22. The van der Waals surface area contributed by atoms with Crippen LogP contribution >= 0.6 is 0 Å². The van der Waals surface area contributed by atoms with Gasteiger partial charge in [0.05, 0.1) is 5.56 Å². The largest absolute Gasteiger partial charge is 0.416 e. The van der Waals surface area contributed by atoms with Crippen molar-refractivity contribution in [3.8, 4) is 0 Å². The summed E-state index contributed by atoms with van der Waals surface area (Å²) < 4.78 is 37.3. The lowest BCUT2D eigenvalue weighted by molar-refractivity contribution is -0.137. The summed E-state index contributed by atoms with van der Waals surface area (Å²) in [6.45, 7) is 1.75. The molecule has 3 N–H and O–H groups in total. The summed E-state index contributed by atoms with van der Waals surface area (Å²) in [6, 6.07) is 4.10. The van der Waals surface area contributed by atoms with Gasteiger partial charge in [-0.25, -0.2) is 5.43 Å². The predicted octanol–water partition coefficient (Wildman–Crippen LogP) is 1.77. The molecule has 0 atom stereocenters. The number of halogens is 3. The molecule has 0 aliphatic heterocycles. The third-order valence-corrected chi connectivity index (χ3v) is 2.10. The molecule has 4 nitrogen and oxygen atoms in total. The number of nitrogens with two attached hydrogens (primary N) is 1. The lowest BCUT2D eigenvalue weighted by atomic mass is 10.1. The number of rotatable bonds is 3. The zero-order chi connectivity index (χ0) is 13.8. The Hall–Kier alpha value is -1.89. The van der Waals surface area contributed by atoms with E-state index in [9.17, 15) is 18.0 Å². The van der Waals surface area contributed by atoms with Crippen LogP contribution in [0.4, 0.5) is 13.2 Å². The van der Waals surface area contributed by atoms with Gasteiger partial charge in [-0.05, 0) is 25.1 Å². The second-order valence-electron chi connectivity index (χ2n) is 3.57. The summed E-state index contributed by atoms with van der Waals surface area (Å²) in [5, 5.41) is 3.62. The van der Waals surface area contributed by atoms with Gasteiger partial charge in [0.2, 0.25) is 0 Å². The Kier molecular flexibility index (Phi) is 4.43. The average molecular weight is 259 g/mol. The maximum Gasteiger partial charge on any atom is 0.416 e. The predicted molar refractivity (Wildman–Crippen MR) is 61.1 cm³/mol. The lowest BCUT2D eigenvalue weighted by Gasteiger charge is -2.07. The fourth-order valence-electron chi connectivity index (χ4n) is 1.09. The van der Waals surface area contributed by atoms with Crippen LogP contribution in [-0.4, -0.2) is 18.2 Å². The van der Waals surface area contributed by atoms with Gasteiger partial charge in [-0.3, -0.25) is 4.79 Å². The number of amides is 1. The number of hydrogen-bond donors (Lipinski definition) is 2. The van der Waals surface area contributed by atoms with E-state index in [1.54, 1.807) is 6.92 Å². The van der Waals surface area contributed by atoms with Crippen LogP contribution in [0.2, 0.25) is 0 Å². The second-order valence-corrected chi connectivity index (χ2v) is 3.57. The fraction of sp³-hybridized carbons (Fsp3) is 0.273. The van der Waals surface area contributed by atoms with Crippen molar-refractivity contribution < 1.29 is 18.0 Å². The van der Waals surface area contributed by atoms with Crippen LogP contribution in [0.5, 0.6) is 0 Å². The number of benzene rings is 1. The van der Waals surface area contributed by atoms with Gasteiger partial charge in [0, 0.05) is 17.8 Å². The van der Waals surface area contributed by atoms with Crippen LogP contribution in [0.25, 0.3) is 0 Å².